The number of aromatic carboxylic acids is 1. The number of hydrogen-bond acceptors (Lipinski definition) is 18. The zero-order chi connectivity index (χ0) is 72.5. The minimum atomic E-state index is -1.17. The standard InChI is InChI=1S/C73H87N14O13PS/c1-45(2)60(82-57(88)17-7-6-8-30-86-58(89)24-25-59(86)90)64(93)79-54(15-10-28-76-67(74)96)63(92)78-49-20-18-47(19-21-49)37-99-69(97)84(29-12-34-101-98)32-33-100-73-41-70(4)38-71(5,42-73)40-72(39-70,43-73)44-87-46(3)52(35-77-87)50-22-23-56(81-61(50)66(94)95)85-31-26-48-13-9-14-51(53(48)36-85)62(91)83-68-80-55-16-11-27-75-65(55)102-68/h9,11,13-14,16,18-25,27,35,45,54,60H,6-8,10,12,15,17,26,28-33,36-44H2,1-5H3,(H,78,92)(H,79,93)(H,82,88)(H,94,95)(H3,74,76,96)(H,80,83,91)/t54-,60-,70?,71?,72?,73?/m0/s1. The number of amides is 9. The van der Waals surface area contributed by atoms with Crippen LogP contribution in [0.3, 0.4) is 0 Å². The molecule has 4 aromatic heterocycles. The summed E-state index contributed by atoms with van der Waals surface area (Å²) in [5.74, 6) is -3.60. The molecule has 8 N–H and O–H groups in total. The van der Waals surface area contributed by atoms with Crippen LogP contribution in [0.15, 0.2) is 91.3 Å². The number of rotatable bonds is 31. The van der Waals surface area contributed by atoms with Crippen LogP contribution in [0.2, 0.25) is 0 Å². The minimum absolute atomic E-state index is 0.0452. The Kier molecular flexibility index (Phi) is 22.9. The quantitative estimate of drug-likeness (QED) is 0.0121. The number of hydrogen-bond donors (Lipinski definition) is 7. The van der Waals surface area contributed by atoms with Gasteiger partial charge in [-0.25, -0.2) is 24.5 Å². The van der Waals surface area contributed by atoms with Crippen LogP contribution in [0.4, 0.5) is 26.2 Å². The zero-order valence-electron chi connectivity index (χ0n) is 58.0. The van der Waals surface area contributed by atoms with Gasteiger partial charge in [0.15, 0.2) is 10.8 Å². The molecular formula is C73H87N14O13PS. The van der Waals surface area contributed by atoms with E-state index in [9.17, 15) is 52.8 Å². The van der Waals surface area contributed by atoms with Gasteiger partial charge in [0.2, 0.25) is 17.7 Å². The third-order valence-corrected chi connectivity index (χ3v) is 21.3. The molecule has 29 heteroatoms. The van der Waals surface area contributed by atoms with E-state index in [-0.39, 0.29) is 124 Å². The van der Waals surface area contributed by atoms with Crippen molar-refractivity contribution in [3.05, 3.63) is 125 Å². The first kappa shape index (κ1) is 73.6. The second kappa shape index (κ2) is 31.7. The van der Waals surface area contributed by atoms with Crippen molar-refractivity contribution in [3.8, 4) is 16.8 Å². The first-order valence-electron chi connectivity index (χ1n) is 34.6. The van der Waals surface area contributed by atoms with Crippen molar-refractivity contribution in [2.45, 2.75) is 162 Å². The van der Waals surface area contributed by atoms with Crippen molar-refractivity contribution in [1.82, 2.24) is 50.5 Å². The number of carbonyl (C=O) groups excluding carboxylic acids is 8. The number of thiazole rings is 1. The van der Waals surface area contributed by atoms with Crippen molar-refractivity contribution < 1.29 is 62.3 Å². The van der Waals surface area contributed by atoms with Crippen molar-refractivity contribution in [2.24, 2.45) is 27.9 Å². The normalized spacial score (nSPS) is 20.7. The summed E-state index contributed by atoms with van der Waals surface area (Å²) in [6.45, 7) is 12.5. The van der Waals surface area contributed by atoms with Gasteiger partial charge >= 0.3 is 214 Å². The molecule has 9 amide bonds. The van der Waals surface area contributed by atoms with E-state index in [1.807, 2.05) is 40.8 Å². The summed E-state index contributed by atoms with van der Waals surface area (Å²) in [6, 6.07) is 16.8. The Morgan fingerprint density at radius 2 is 1.61 bits per heavy atom. The van der Waals surface area contributed by atoms with Crippen molar-refractivity contribution >= 4 is 99.8 Å². The van der Waals surface area contributed by atoms with Gasteiger partial charge in [-0.1, -0.05) is 43.7 Å². The number of carboxylic acid groups (broad SMARTS) is 1. The van der Waals surface area contributed by atoms with Gasteiger partial charge in [-0.05, 0) is 86.4 Å². The summed E-state index contributed by atoms with van der Waals surface area (Å²) < 4.78 is 26.4. The number of ether oxygens (including phenoxy) is 2. The number of imide groups is 1. The molecule has 6 aliphatic rings. The van der Waals surface area contributed by atoms with Crippen molar-refractivity contribution in [3.63, 3.8) is 0 Å². The van der Waals surface area contributed by atoms with Gasteiger partial charge in [0, 0.05) is 73.3 Å². The third-order valence-electron chi connectivity index (χ3n) is 20.1. The number of benzene rings is 2. The second-order valence-corrected chi connectivity index (χ2v) is 30.3. The molecule has 0 saturated heterocycles. The molecule has 27 nitrogen and oxygen atoms in total. The fraction of sp³-hybridized carbons (Fsp3) is 0.479. The molecule has 2 aliphatic heterocycles. The van der Waals surface area contributed by atoms with E-state index in [0.717, 1.165) is 65.1 Å². The Morgan fingerprint density at radius 3 is 2.32 bits per heavy atom. The van der Waals surface area contributed by atoms with E-state index in [1.54, 1.807) is 68.7 Å². The van der Waals surface area contributed by atoms with Crippen LogP contribution >= 0.6 is 19.3 Å². The van der Waals surface area contributed by atoms with Crippen LogP contribution in [0.25, 0.3) is 21.5 Å². The van der Waals surface area contributed by atoms with Crippen LogP contribution < -0.4 is 37.2 Å². The molecular weight excluding hydrogens is 1340 g/mol. The molecule has 4 atom stereocenters. The van der Waals surface area contributed by atoms with Gasteiger partial charge in [0.25, 0.3) is 17.7 Å². The fourth-order valence-electron chi connectivity index (χ4n) is 16.6. The number of urea groups is 1. The summed E-state index contributed by atoms with van der Waals surface area (Å²) in [6.07, 6.45) is 13.5. The maximum absolute atomic E-state index is 14.0. The molecule has 0 spiro atoms. The Hall–Kier alpha value is -9.62. The van der Waals surface area contributed by atoms with E-state index in [1.165, 1.54) is 28.4 Å². The number of fused-ring (bicyclic) bond motifs is 2. The van der Waals surface area contributed by atoms with Crippen LogP contribution in [-0.2, 0) is 64.1 Å². The van der Waals surface area contributed by atoms with Gasteiger partial charge < -0.3 is 31.7 Å². The molecule has 6 heterocycles. The molecule has 12 rings (SSSR count). The summed E-state index contributed by atoms with van der Waals surface area (Å²) in [5, 5.41) is 30.0. The Balaban J connectivity index is 0.691. The molecule has 4 fully saturated rings. The summed E-state index contributed by atoms with van der Waals surface area (Å²) in [4.78, 5) is 136. The maximum atomic E-state index is 14.0. The van der Waals surface area contributed by atoms with Gasteiger partial charge in [-0.3, -0.25) is 39.0 Å². The van der Waals surface area contributed by atoms with Gasteiger partial charge in [0.05, 0.1) is 6.20 Å². The average Bonchev–Trinajstić information content (AvgIpc) is 0.972. The molecule has 2 aromatic carbocycles. The van der Waals surface area contributed by atoms with Crippen LogP contribution in [0.5, 0.6) is 0 Å². The predicted molar refractivity (Wildman–Crippen MR) is 382 cm³/mol. The first-order valence-corrected chi connectivity index (χ1v) is 36.3. The number of unbranched alkanes of at least 4 members (excludes halogenated alkanes) is 2. The topological polar surface area (TPSA) is 362 Å². The molecule has 2 unspecified atom stereocenters. The SMILES string of the molecule is Cc1c(-c2ccc(N3CCc4cccc(C(=O)Nc5nc6cccnc6s5)c4C3)nc2C(=O)O)cnn1CC12CC3(C)CC(C)(C1)CC(OCCN(CCC#P=O)C(=O)OCc1ccc(NC(=O)[C@H](CCCNC(N)=O)NC(=O)[C@@H](NC(=O)CCCCCN4C(=O)C=CC4=O)C(C)C)cc1)(C3)C2. The number of carbonyl (C=O) groups is 9. The Bertz CT molecular complexity index is 4300. The van der Waals surface area contributed by atoms with E-state index in [2.05, 4.69) is 56.0 Å². The van der Waals surface area contributed by atoms with Crippen LogP contribution in [-0.4, -0.2) is 150 Å². The summed E-state index contributed by atoms with van der Waals surface area (Å²) >= 11 is 1.30. The van der Waals surface area contributed by atoms with Gasteiger partial charge in [-0.2, -0.15) is 5.10 Å². The number of nitrogens with two attached hydrogens (primary N) is 1. The number of aromatic nitrogens is 5. The molecule has 0 radical (unpaired) electrons. The van der Waals surface area contributed by atoms with E-state index in [0.29, 0.717) is 89.7 Å². The second-order valence-electron chi connectivity index (χ2n) is 28.8. The van der Waals surface area contributed by atoms with Crippen molar-refractivity contribution in [2.75, 3.05) is 54.9 Å². The monoisotopic (exact) mass is 1430 g/mol. The van der Waals surface area contributed by atoms with Gasteiger partial charge in [0.1, 0.15) is 28.2 Å². The molecule has 4 bridgehead atoms. The molecule has 538 valence electrons. The summed E-state index contributed by atoms with van der Waals surface area (Å²) in [7, 11) is -0.291. The Morgan fingerprint density at radius 1 is 0.843 bits per heavy atom. The van der Waals surface area contributed by atoms with E-state index >= 15 is 0 Å². The Labute approximate surface area is 596 Å². The third kappa shape index (κ3) is 17.6. The average molecular weight is 1430 g/mol. The summed E-state index contributed by atoms with van der Waals surface area (Å²) in [5.41, 5.74) is 13.1. The van der Waals surface area contributed by atoms with Gasteiger partial charge in [-0.15, -0.1) is 0 Å². The molecule has 4 aliphatic carbocycles. The van der Waals surface area contributed by atoms with E-state index < -0.39 is 47.6 Å². The number of nitrogens with zero attached hydrogens (tertiary/aromatic N) is 8. The first-order chi connectivity index (χ1) is 48.8. The molecule has 102 heavy (non-hydrogen) atoms. The van der Waals surface area contributed by atoms with Crippen LogP contribution in [0.1, 0.15) is 154 Å². The van der Waals surface area contributed by atoms with Crippen LogP contribution in [0, 0.1) is 34.7 Å². The number of pyridine rings is 2. The molecule has 6 aromatic rings. The number of primary amides is 1. The zero-order valence-corrected chi connectivity index (χ0v) is 59.7. The number of carboxylic acids is 1. The van der Waals surface area contributed by atoms with E-state index in [4.69, 9.17) is 25.3 Å². The number of anilines is 3. The number of nitrogens with one attached hydrogen (secondary N) is 5. The fourth-order valence-corrected chi connectivity index (χ4v) is 17.6. The molecule has 4 saturated carbocycles. The predicted octanol–water partition coefficient (Wildman–Crippen LogP) is 9.69. The van der Waals surface area contributed by atoms with Crippen molar-refractivity contribution in [1.29, 1.82) is 0 Å².